The lowest BCUT2D eigenvalue weighted by Gasteiger charge is -2.16. The second kappa shape index (κ2) is 8.78. The molecule has 178 valence electrons. The van der Waals surface area contributed by atoms with Gasteiger partial charge in [0.05, 0.1) is 22.5 Å². The summed E-state index contributed by atoms with van der Waals surface area (Å²) in [6, 6.07) is 8.28. The zero-order chi connectivity index (χ0) is 24.7. The quantitative estimate of drug-likeness (QED) is 0.377. The Labute approximate surface area is 202 Å². The first kappa shape index (κ1) is 23.0. The number of aromatic nitrogens is 7. The number of rotatable bonds is 5. The van der Waals surface area contributed by atoms with E-state index in [4.69, 9.17) is 11.6 Å². The molecule has 0 bridgehead atoms. The van der Waals surface area contributed by atoms with Crippen molar-refractivity contribution in [2.24, 2.45) is 0 Å². The number of imide groups is 1. The predicted molar refractivity (Wildman–Crippen MR) is 119 cm³/mol. The van der Waals surface area contributed by atoms with Crippen molar-refractivity contribution in [2.75, 3.05) is 0 Å². The zero-order valence-corrected chi connectivity index (χ0v) is 18.9. The second-order valence-electron chi connectivity index (χ2n) is 7.43. The van der Waals surface area contributed by atoms with E-state index in [0.717, 1.165) is 11.0 Å². The van der Waals surface area contributed by atoms with Gasteiger partial charge < -0.3 is 0 Å². The van der Waals surface area contributed by atoms with Crippen LogP contribution in [-0.4, -0.2) is 52.1 Å². The van der Waals surface area contributed by atoms with E-state index < -0.39 is 22.9 Å². The minimum Gasteiger partial charge on any atom is -0.268 e. The Morgan fingerprint density at radius 2 is 1.89 bits per heavy atom. The number of fused-ring (bicyclic) bond motifs is 1. The van der Waals surface area contributed by atoms with Crippen molar-refractivity contribution in [2.45, 2.75) is 19.1 Å². The molecule has 2 N–H and O–H groups in total. The summed E-state index contributed by atoms with van der Waals surface area (Å²) in [5.74, 6) is -0.495. The Kier molecular flexibility index (Phi) is 5.76. The molecular weight excluding hydrogens is 509 g/mol. The van der Waals surface area contributed by atoms with E-state index in [1.807, 2.05) is 0 Å². The lowest BCUT2D eigenvalue weighted by atomic mass is 9.94. The van der Waals surface area contributed by atoms with E-state index in [0.29, 0.717) is 28.4 Å². The Bertz CT molecular complexity index is 1490. The SMILES string of the molecule is O=C1S/C(=C(/Cc2ccc(Cl)cc2C(F)(F)F)c2ccc3[nH]nnc3c2)C(=O)N1Cc1nnn[nH]1. The largest absolute Gasteiger partial charge is 0.416 e. The summed E-state index contributed by atoms with van der Waals surface area (Å²) in [5, 5.41) is 22.6. The molecule has 1 aliphatic rings. The van der Waals surface area contributed by atoms with E-state index in [9.17, 15) is 22.8 Å². The highest BCUT2D eigenvalue weighted by molar-refractivity contribution is 8.18. The smallest absolute Gasteiger partial charge is 0.268 e. The number of thioether (sulfide) groups is 1. The Balaban J connectivity index is 1.63. The van der Waals surface area contributed by atoms with Crippen molar-refractivity contribution in [3.05, 3.63) is 68.8 Å². The van der Waals surface area contributed by atoms with E-state index in [1.54, 1.807) is 18.2 Å². The summed E-state index contributed by atoms with van der Waals surface area (Å²) in [7, 11) is 0. The number of hydrogen-bond acceptors (Lipinski definition) is 8. The fourth-order valence-electron chi connectivity index (χ4n) is 3.61. The summed E-state index contributed by atoms with van der Waals surface area (Å²) in [6.45, 7) is -0.217. The van der Waals surface area contributed by atoms with Crippen LogP contribution >= 0.6 is 23.4 Å². The molecule has 15 heteroatoms. The molecule has 1 aliphatic heterocycles. The molecule has 0 spiro atoms. The molecule has 2 amide bonds. The molecular formula is C20H12ClF3N8O2S. The Hall–Kier alpha value is -3.78. The number of hydrogen-bond donors (Lipinski definition) is 2. The van der Waals surface area contributed by atoms with Crippen molar-refractivity contribution in [3.8, 4) is 0 Å². The van der Waals surface area contributed by atoms with Crippen LogP contribution in [0.3, 0.4) is 0 Å². The average Bonchev–Trinajstić information content (AvgIpc) is 3.55. The fraction of sp³-hybridized carbons (Fsp3) is 0.150. The third kappa shape index (κ3) is 4.49. The van der Waals surface area contributed by atoms with Crippen LogP contribution in [0.5, 0.6) is 0 Å². The van der Waals surface area contributed by atoms with Crippen LogP contribution in [0.15, 0.2) is 41.3 Å². The van der Waals surface area contributed by atoms with Gasteiger partial charge in [0.25, 0.3) is 11.1 Å². The lowest BCUT2D eigenvalue weighted by Crippen LogP contribution is -2.28. The molecule has 10 nitrogen and oxygen atoms in total. The maximum atomic E-state index is 13.8. The summed E-state index contributed by atoms with van der Waals surface area (Å²) < 4.78 is 41.4. The van der Waals surface area contributed by atoms with Crippen molar-refractivity contribution in [1.82, 2.24) is 40.9 Å². The molecule has 1 saturated heterocycles. The number of amides is 2. The summed E-state index contributed by atoms with van der Waals surface area (Å²) in [6.07, 6.45) is -4.98. The number of allylic oxidation sites excluding steroid dienone is 1. The van der Waals surface area contributed by atoms with Gasteiger partial charge in [-0.1, -0.05) is 28.9 Å². The molecule has 2 aromatic heterocycles. The van der Waals surface area contributed by atoms with Crippen molar-refractivity contribution < 1.29 is 22.8 Å². The number of nitrogens with zero attached hydrogens (tertiary/aromatic N) is 6. The highest BCUT2D eigenvalue weighted by atomic mass is 35.5. The van der Waals surface area contributed by atoms with Crippen LogP contribution in [0.2, 0.25) is 5.02 Å². The maximum Gasteiger partial charge on any atom is 0.416 e. The molecule has 5 rings (SSSR count). The summed E-state index contributed by atoms with van der Waals surface area (Å²) >= 11 is 6.46. The van der Waals surface area contributed by atoms with Gasteiger partial charge in [-0.25, -0.2) is 5.10 Å². The van der Waals surface area contributed by atoms with Crippen molar-refractivity contribution in [3.63, 3.8) is 0 Å². The van der Waals surface area contributed by atoms with Gasteiger partial charge in [0.1, 0.15) is 5.52 Å². The van der Waals surface area contributed by atoms with Gasteiger partial charge >= 0.3 is 6.18 Å². The molecule has 1 fully saturated rings. The number of alkyl halides is 3. The third-order valence-electron chi connectivity index (χ3n) is 5.24. The van der Waals surface area contributed by atoms with E-state index in [1.165, 1.54) is 12.1 Å². The number of tetrazole rings is 1. The fourth-order valence-corrected chi connectivity index (χ4v) is 4.73. The predicted octanol–water partition coefficient (Wildman–Crippen LogP) is 3.99. The molecule has 3 heterocycles. The molecule has 2 aromatic carbocycles. The standard InChI is InChI=1S/C20H12ClF3N8O2S/c21-11-3-1-10(13(7-11)20(22,23)24)5-12(9-2-4-14-15(6-9)26-29-25-14)17-18(33)32(19(34)35-17)8-16-27-30-31-28-16/h1-4,6-7H,5,8H2,(H,25,26,29)(H,27,28,30,31)/b17-12-. The highest BCUT2D eigenvalue weighted by Crippen LogP contribution is 2.41. The van der Waals surface area contributed by atoms with Gasteiger partial charge in [-0.05, 0) is 69.6 Å². The molecule has 0 atom stereocenters. The number of halogens is 4. The first-order chi connectivity index (χ1) is 16.7. The topological polar surface area (TPSA) is 133 Å². The van der Waals surface area contributed by atoms with Crippen LogP contribution in [0.25, 0.3) is 16.6 Å². The van der Waals surface area contributed by atoms with Crippen LogP contribution in [-0.2, 0) is 23.9 Å². The van der Waals surface area contributed by atoms with E-state index in [2.05, 4.69) is 36.0 Å². The molecule has 0 unspecified atom stereocenters. The number of benzene rings is 2. The van der Waals surface area contributed by atoms with Crippen molar-refractivity contribution >= 4 is 51.1 Å². The minimum atomic E-state index is -4.68. The molecule has 0 saturated carbocycles. The number of nitrogens with one attached hydrogen (secondary N) is 2. The van der Waals surface area contributed by atoms with E-state index in [-0.39, 0.29) is 39.9 Å². The third-order valence-corrected chi connectivity index (χ3v) is 6.49. The minimum absolute atomic E-state index is 0.00612. The zero-order valence-electron chi connectivity index (χ0n) is 17.3. The van der Waals surface area contributed by atoms with Gasteiger partial charge in [-0.2, -0.15) is 13.2 Å². The number of carbonyl (C=O) groups excluding carboxylic acids is 2. The Morgan fingerprint density at radius 1 is 1.06 bits per heavy atom. The number of aromatic amines is 2. The average molecular weight is 521 g/mol. The maximum absolute atomic E-state index is 13.8. The first-order valence-electron chi connectivity index (χ1n) is 9.87. The highest BCUT2D eigenvalue weighted by Gasteiger charge is 2.39. The summed E-state index contributed by atoms with van der Waals surface area (Å²) in [5.41, 5.74) is 0.645. The second-order valence-corrected chi connectivity index (χ2v) is 8.83. The van der Waals surface area contributed by atoms with Crippen LogP contribution in [0.1, 0.15) is 22.5 Å². The first-order valence-corrected chi connectivity index (χ1v) is 11.1. The van der Waals surface area contributed by atoms with Gasteiger partial charge in [0, 0.05) is 5.02 Å². The van der Waals surface area contributed by atoms with Crippen molar-refractivity contribution in [1.29, 1.82) is 0 Å². The lowest BCUT2D eigenvalue weighted by molar-refractivity contribution is -0.138. The van der Waals surface area contributed by atoms with Crippen LogP contribution < -0.4 is 0 Å². The summed E-state index contributed by atoms with van der Waals surface area (Å²) in [4.78, 5) is 26.9. The van der Waals surface area contributed by atoms with Gasteiger partial charge in [0.2, 0.25) is 0 Å². The Morgan fingerprint density at radius 3 is 2.63 bits per heavy atom. The monoisotopic (exact) mass is 520 g/mol. The van der Waals surface area contributed by atoms with E-state index >= 15 is 0 Å². The van der Waals surface area contributed by atoms with Crippen LogP contribution in [0, 0.1) is 0 Å². The molecule has 0 radical (unpaired) electrons. The molecule has 0 aliphatic carbocycles. The number of H-pyrrole nitrogens is 2. The van der Waals surface area contributed by atoms with Gasteiger partial charge in [-0.3, -0.25) is 19.6 Å². The van der Waals surface area contributed by atoms with Gasteiger partial charge in [0.15, 0.2) is 5.82 Å². The van der Waals surface area contributed by atoms with Gasteiger partial charge in [-0.15, -0.1) is 10.2 Å². The van der Waals surface area contributed by atoms with Crippen LogP contribution in [0.4, 0.5) is 18.0 Å². The molecule has 4 aromatic rings. The normalized spacial score (nSPS) is 15.9. The molecule has 35 heavy (non-hydrogen) atoms. The number of carbonyl (C=O) groups is 2.